The molecule has 0 aliphatic carbocycles. The number of carbonyl (C=O) groups excluding carboxylic acids is 2. The van der Waals surface area contributed by atoms with E-state index in [1.54, 1.807) is 6.08 Å². The molecule has 0 aromatic carbocycles. The number of ether oxygens (including phenoxy) is 4. The van der Waals surface area contributed by atoms with Gasteiger partial charge >= 0.3 is 11.9 Å². The first-order chi connectivity index (χ1) is 10.3. The average molecular weight is 314 g/mol. The van der Waals surface area contributed by atoms with Crippen LogP contribution in [-0.4, -0.2) is 43.1 Å². The van der Waals surface area contributed by atoms with Crippen molar-refractivity contribution in [2.75, 3.05) is 7.11 Å². The third-order valence-corrected chi connectivity index (χ3v) is 4.13. The van der Waals surface area contributed by atoms with Crippen molar-refractivity contribution in [1.82, 2.24) is 0 Å². The summed E-state index contributed by atoms with van der Waals surface area (Å²) in [6, 6.07) is 0. The van der Waals surface area contributed by atoms with Gasteiger partial charge in [-0.1, -0.05) is 19.9 Å². The number of hydrogen-bond donors (Lipinski definition) is 0. The van der Waals surface area contributed by atoms with Crippen LogP contribution in [0.1, 0.15) is 40.5 Å². The highest BCUT2D eigenvalue weighted by Crippen LogP contribution is 2.44. The molecule has 5 atom stereocenters. The molecule has 0 spiro atoms. The standard InChI is InChI=1S/C16H26O6/c1-7-9-10(3)16(8-2)14(19-6)13(20-11(4)17)15(22-16)21-12(5)18/h7,10,13-15H,1,8-9H2,2-6H3/t10-,13+,14-,15?,16-/m0/s1. The minimum atomic E-state index is -0.974. The molecule has 6 nitrogen and oxygen atoms in total. The Morgan fingerprint density at radius 2 is 1.91 bits per heavy atom. The van der Waals surface area contributed by atoms with Crippen molar-refractivity contribution >= 4 is 11.9 Å². The molecule has 1 rings (SSSR count). The number of carbonyl (C=O) groups is 2. The second-order valence-electron chi connectivity index (χ2n) is 5.56. The summed E-state index contributed by atoms with van der Waals surface area (Å²) < 4.78 is 22.1. The first-order valence-corrected chi connectivity index (χ1v) is 7.48. The van der Waals surface area contributed by atoms with E-state index in [-0.39, 0.29) is 5.92 Å². The van der Waals surface area contributed by atoms with Crippen LogP contribution in [0.4, 0.5) is 0 Å². The highest BCUT2D eigenvalue weighted by atomic mass is 16.7. The third-order valence-electron chi connectivity index (χ3n) is 4.13. The minimum Gasteiger partial charge on any atom is -0.453 e. The summed E-state index contributed by atoms with van der Waals surface area (Å²) in [6.45, 7) is 10.3. The average Bonchev–Trinajstić information content (AvgIpc) is 2.72. The number of hydrogen-bond acceptors (Lipinski definition) is 6. The lowest BCUT2D eigenvalue weighted by atomic mass is 9.79. The zero-order valence-corrected chi connectivity index (χ0v) is 14.0. The maximum absolute atomic E-state index is 11.4. The van der Waals surface area contributed by atoms with Crippen LogP contribution in [-0.2, 0) is 28.5 Å². The van der Waals surface area contributed by atoms with Crippen molar-refractivity contribution in [3.05, 3.63) is 12.7 Å². The molecule has 1 aliphatic rings. The zero-order chi connectivity index (χ0) is 16.9. The van der Waals surface area contributed by atoms with Crippen LogP contribution in [0.25, 0.3) is 0 Å². The van der Waals surface area contributed by atoms with Crippen molar-refractivity contribution in [3.8, 4) is 0 Å². The van der Waals surface area contributed by atoms with Crippen molar-refractivity contribution < 1.29 is 28.5 Å². The van der Waals surface area contributed by atoms with E-state index in [4.69, 9.17) is 18.9 Å². The molecule has 1 aliphatic heterocycles. The van der Waals surface area contributed by atoms with E-state index < -0.39 is 36.0 Å². The third kappa shape index (κ3) is 3.67. The Morgan fingerprint density at radius 1 is 1.32 bits per heavy atom. The summed E-state index contributed by atoms with van der Waals surface area (Å²) in [4.78, 5) is 22.7. The molecule has 0 N–H and O–H groups in total. The Kier molecular flexibility index (Phi) is 6.56. The fourth-order valence-electron chi connectivity index (χ4n) is 3.15. The zero-order valence-electron chi connectivity index (χ0n) is 14.0. The quantitative estimate of drug-likeness (QED) is 0.530. The summed E-state index contributed by atoms with van der Waals surface area (Å²) >= 11 is 0. The summed E-state index contributed by atoms with van der Waals surface area (Å²) in [6.07, 6.45) is 0.833. The molecule has 126 valence electrons. The molecule has 0 amide bonds. The maximum Gasteiger partial charge on any atom is 0.305 e. The fraction of sp³-hybridized carbons (Fsp3) is 0.750. The van der Waals surface area contributed by atoms with Crippen molar-refractivity contribution in [3.63, 3.8) is 0 Å². The normalized spacial score (nSPS) is 32.3. The highest BCUT2D eigenvalue weighted by Gasteiger charge is 2.59. The Morgan fingerprint density at radius 3 is 2.32 bits per heavy atom. The van der Waals surface area contributed by atoms with E-state index in [2.05, 4.69) is 6.58 Å². The van der Waals surface area contributed by atoms with Gasteiger partial charge in [-0.3, -0.25) is 9.59 Å². The van der Waals surface area contributed by atoms with Gasteiger partial charge in [-0.05, 0) is 18.8 Å². The lowest BCUT2D eigenvalue weighted by molar-refractivity contribution is -0.211. The molecule has 1 unspecified atom stereocenters. The maximum atomic E-state index is 11.4. The van der Waals surface area contributed by atoms with Gasteiger partial charge in [0.2, 0.25) is 6.29 Å². The summed E-state index contributed by atoms with van der Waals surface area (Å²) in [7, 11) is 1.53. The van der Waals surface area contributed by atoms with Crippen LogP contribution < -0.4 is 0 Å². The molecule has 0 aromatic heterocycles. The molecule has 1 heterocycles. The van der Waals surface area contributed by atoms with Gasteiger partial charge in [0, 0.05) is 21.0 Å². The SMILES string of the molecule is C=CC[C@H](C)[C@]1(CC)OC(OC(C)=O)[C@H](OC(C)=O)[C@@H]1OC. The largest absolute Gasteiger partial charge is 0.453 e. The van der Waals surface area contributed by atoms with Crippen LogP contribution in [0.5, 0.6) is 0 Å². The molecule has 6 heteroatoms. The summed E-state index contributed by atoms with van der Waals surface area (Å²) in [5, 5.41) is 0. The Bertz CT molecular complexity index is 421. The molecule has 0 radical (unpaired) electrons. The number of esters is 2. The summed E-state index contributed by atoms with van der Waals surface area (Å²) in [5.74, 6) is -0.921. The molecule has 0 bridgehead atoms. The first-order valence-electron chi connectivity index (χ1n) is 7.48. The Balaban J connectivity index is 3.18. The molecule has 1 fully saturated rings. The second-order valence-corrected chi connectivity index (χ2v) is 5.56. The second kappa shape index (κ2) is 7.74. The molecular formula is C16H26O6. The molecule has 1 saturated heterocycles. The van der Waals surface area contributed by atoms with Crippen molar-refractivity contribution in [1.29, 1.82) is 0 Å². The van der Waals surface area contributed by atoms with E-state index >= 15 is 0 Å². The van der Waals surface area contributed by atoms with Crippen LogP contribution in [0.3, 0.4) is 0 Å². The van der Waals surface area contributed by atoms with Crippen LogP contribution in [0.15, 0.2) is 12.7 Å². The molecule has 0 saturated carbocycles. The lowest BCUT2D eigenvalue weighted by Gasteiger charge is -2.37. The van der Waals surface area contributed by atoms with Gasteiger partial charge in [-0.15, -0.1) is 6.58 Å². The van der Waals surface area contributed by atoms with E-state index in [0.717, 1.165) is 0 Å². The minimum absolute atomic E-state index is 0.0542. The van der Waals surface area contributed by atoms with Crippen LogP contribution in [0, 0.1) is 5.92 Å². The van der Waals surface area contributed by atoms with Gasteiger partial charge in [0.15, 0.2) is 6.10 Å². The topological polar surface area (TPSA) is 71.1 Å². The Labute approximate surface area is 131 Å². The summed E-state index contributed by atoms with van der Waals surface area (Å²) in [5.41, 5.74) is -0.719. The predicted molar refractivity (Wildman–Crippen MR) is 80.0 cm³/mol. The number of rotatable bonds is 7. The van der Waals surface area contributed by atoms with Gasteiger partial charge in [0.05, 0.1) is 0 Å². The van der Waals surface area contributed by atoms with Crippen LogP contribution >= 0.6 is 0 Å². The Hall–Kier alpha value is -1.40. The highest BCUT2D eigenvalue weighted by molar-refractivity contribution is 5.67. The first kappa shape index (κ1) is 18.6. The van der Waals surface area contributed by atoms with Crippen molar-refractivity contribution in [2.45, 2.75) is 64.6 Å². The van der Waals surface area contributed by atoms with Gasteiger partial charge in [0.1, 0.15) is 11.7 Å². The van der Waals surface area contributed by atoms with E-state index in [0.29, 0.717) is 12.8 Å². The lowest BCUT2D eigenvalue weighted by Crippen LogP contribution is -2.49. The van der Waals surface area contributed by atoms with Crippen LogP contribution in [0.2, 0.25) is 0 Å². The smallest absolute Gasteiger partial charge is 0.305 e. The van der Waals surface area contributed by atoms with E-state index in [1.165, 1.54) is 21.0 Å². The van der Waals surface area contributed by atoms with Gasteiger partial charge in [0.25, 0.3) is 0 Å². The van der Waals surface area contributed by atoms with Crippen molar-refractivity contribution in [2.24, 2.45) is 5.92 Å². The van der Waals surface area contributed by atoms with E-state index in [1.807, 2.05) is 13.8 Å². The molecule has 0 aromatic rings. The monoisotopic (exact) mass is 314 g/mol. The molecule has 22 heavy (non-hydrogen) atoms. The molecular weight excluding hydrogens is 288 g/mol. The van der Waals surface area contributed by atoms with Gasteiger partial charge in [-0.2, -0.15) is 0 Å². The number of allylic oxidation sites excluding steroid dienone is 1. The van der Waals surface area contributed by atoms with Gasteiger partial charge < -0.3 is 18.9 Å². The van der Waals surface area contributed by atoms with E-state index in [9.17, 15) is 9.59 Å². The predicted octanol–water partition coefficient (Wildman–Crippen LogP) is 2.21. The van der Waals surface area contributed by atoms with Gasteiger partial charge in [-0.25, -0.2) is 0 Å². The fourth-order valence-corrected chi connectivity index (χ4v) is 3.15. The number of methoxy groups -OCH3 is 1.